The first kappa shape index (κ1) is 9.19. The van der Waals surface area contributed by atoms with Gasteiger partial charge in [-0.2, -0.15) is 5.26 Å². The van der Waals surface area contributed by atoms with Crippen molar-refractivity contribution in [1.29, 1.82) is 5.26 Å². The smallest absolute Gasteiger partial charge is 0.272 e. The molecule has 6 heteroatoms. The number of pyridine rings is 1. The Labute approximate surface area is 71.6 Å². The lowest BCUT2D eigenvalue weighted by atomic mass is 10.2. The van der Waals surface area contributed by atoms with Gasteiger partial charge in [-0.1, -0.05) is 0 Å². The van der Waals surface area contributed by atoms with E-state index >= 15 is 0 Å². The maximum atomic E-state index is 12.2. The van der Waals surface area contributed by atoms with Gasteiger partial charge in [0.25, 0.3) is 12.0 Å². The summed E-state index contributed by atoms with van der Waals surface area (Å²) in [5.74, 6) is 0. The summed E-state index contributed by atoms with van der Waals surface area (Å²) in [6.45, 7) is 0. The van der Waals surface area contributed by atoms with E-state index < -0.39 is 23.2 Å². The van der Waals surface area contributed by atoms with Crippen molar-refractivity contribution < 1.29 is 8.78 Å². The Morgan fingerprint density at radius 2 is 2.23 bits per heavy atom. The summed E-state index contributed by atoms with van der Waals surface area (Å²) >= 11 is 0. The van der Waals surface area contributed by atoms with Gasteiger partial charge in [0, 0.05) is 5.56 Å². The van der Waals surface area contributed by atoms with Crippen LogP contribution in [-0.2, 0) is 0 Å². The zero-order valence-electron chi connectivity index (χ0n) is 6.34. The van der Waals surface area contributed by atoms with Gasteiger partial charge < -0.3 is 10.7 Å². The summed E-state index contributed by atoms with van der Waals surface area (Å²) in [4.78, 5) is 12.9. The first-order valence-corrected chi connectivity index (χ1v) is 3.27. The Bertz CT molecular complexity index is 419. The Morgan fingerprint density at radius 3 is 2.69 bits per heavy atom. The SMILES string of the molecule is N#Cc1cc(C(F)F)c(N)c(=O)[nH]1. The maximum Gasteiger partial charge on any atom is 0.272 e. The van der Waals surface area contributed by atoms with Crippen LogP contribution in [0, 0.1) is 11.3 Å². The molecule has 0 saturated heterocycles. The molecule has 1 rings (SSSR count). The van der Waals surface area contributed by atoms with Crippen LogP contribution in [0.25, 0.3) is 0 Å². The number of H-pyrrole nitrogens is 1. The van der Waals surface area contributed by atoms with E-state index in [1.54, 1.807) is 6.07 Å². The number of aromatic amines is 1. The molecular formula is C7H5F2N3O. The summed E-state index contributed by atoms with van der Waals surface area (Å²) in [5.41, 5.74) is 2.82. The molecule has 3 N–H and O–H groups in total. The molecule has 0 aliphatic rings. The van der Waals surface area contributed by atoms with Gasteiger partial charge >= 0.3 is 0 Å². The number of nitriles is 1. The normalized spacial score (nSPS) is 10.0. The van der Waals surface area contributed by atoms with Crippen molar-refractivity contribution >= 4 is 5.69 Å². The highest BCUT2D eigenvalue weighted by Gasteiger charge is 2.14. The highest BCUT2D eigenvalue weighted by Crippen LogP contribution is 2.22. The lowest BCUT2D eigenvalue weighted by molar-refractivity contribution is 0.152. The molecule has 1 heterocycles. The van der Waals surface area contributed by atoms with Crippen molar-refractivity contribution in [1.82, 2.24) is 4.98 Å². The number of nitrogens with zero attached hydrogens (tertiary/aromatic N) is 1. The number of alkyl halides is 2. The first-order chi connectivity index (χ1) is 6.06. The molecule has 0 atom stereocenters. The Balaban J connectivity index is 3.44. The molecule has 0 radical (unpaired) electrons. The Hall–Kier alpha value is -1.90. The third kappa shape index (κ3) is 1.64. The van der Waals surface area contributed by atoms with Crippen molar-refractivity contribution in [2.75, 3.05) is 5.73 Å². The second kappa shape index (κ2) is 3.23. The van der Waals surface area contributed by atoms with E-state index in [2.05, 4.69) is 0 Å². The van der Waals surface area contributed by atoms with E-state index in [0.717, 1.165) is 6.07 Å². The Morgan fingerprint density at radius 1 is 1.62 bits per heavy atom. The lowest BCUT2D eigenvalue weighted by Gasteiger charge is -2.02. The van der Waals surface area contributed by atoms with Crippen LogP contribution in [0.2, 0.25) is 0 Å². The molecule has 68 valence electrons. The molecule has 0 aliphatic carbocycles. The number of aromatic nitrogens is 1. The predicted molar refractivity (Wildman–Crippen MR) is 41.1 cm³/mol. The molecule has 0 bridgehead atoms. The highest BCUT2D eigenvalue weighted by molar-refractivity contribution is 5.47. The number of rotatable bonds is 1. The number of hydrogen-bond donors (Lipinski definition) is 2. The van der Waals surface area contributed by atoms with Gasteiger partial charge in [0.05, 0.1) is 0 Å². The summed E-state index contributed by atoms with van der Waals surface area (Å²) in [5, 5.41) is 8.35. The zero-order chi connectivity index (χ0) is 10.0. The average Bonchev–Trinajstić information content (AvgIpc) is 2.09. The van der Waals surface area contributed by atoms with E-state index in [-0.39, 0.29) is 5.69 Å². The molecule has 0 spiro atoms. The van der Waals surface area contributed by atoms with E-state index in [1.165, 1.54) is 0 Å². The second-order valence-electron chi connectivity index (χ2n) is 2.29. The molecular weight excluding hydrogens is 180 g/mol. The van der Waals surface area contributed by atoms with Crippen molar-refractivity contribution in [2.45, 2.75) is 6.43 Å². The summed E-state index contributed by atoms with van der Waals surface area (Å²) in [6.07, 6.45) is -2.85. The van der Waals surface area contributed by atoms with E-state index in [1.807, 2.05) is 4.98 Å². The molecule has 0 aromatic carbocycles. The van der Waals surface area contributed by atoms with Crippen molar-refractivity contribution in [3.05, 3.63) is 27.7 Å². The lowest BCUT2D eigenvalue weighted by Crippen LogP contribution is -2.15. The minimum atomic E-state index is -2.85. The summed E-state index contributed by atoms with van der Waals surface area (Å²) in [7, 11) is 0. The third-order valence-corrected chi connectivity index (χ3v) is 1.46. The fraction of sp³-hybridized carbons (Fsp3) is 0.143. The van der Waals surface area contributed by atoms with Crippen molar-refractivity contribution in [3.8, 4) is 6.07 Å². The standard InChI is InChI=1S/C7H5F2N3O/c8-6(9)4-1-3(2-10)12-7(13)5(4)11/h1,6H,11H2,(H,12,13). The van der Waals surface area contributed by atoms with Crippen molar-refractivity contribution in [2.24, 2.45) is 0 Å². The van der Waals surface area contributed by atoms with E-state index in [9.17, 15) is 13.6 Å². The monoisotopic (exact) mass is 185 g/mol. The number of nitrogen functional groups attached to an aromatic ring is 1. The predicted octanol–water partition coefficient (Wildman–Crippen LogP) is 0.766. The molecule has 0 amide bonds. The van der Waals surface area contributed by atoms with Gasteiger partial charge in [-0.25, -0.2) is 8.78 Å². The first-order valence-electron chi connectivity index (χ1n) is 3.27. The highest BCUT2D eigenvalue weighted by atomic mass is 19.3. The van der Waals surface area contributed by atoms with Crippen LogP contribution in [0.15, 0.2) is 10.9 Å². The van der Waals surface area contributed by atoms with Gasteiger partial charge in [-0.05, 0) is 6.07 Å². The fourth-order valence-corrected chi connectivity index (χ4v) is 0.831. The molecule has 0 saturated carbocycles. The molecule has 13 heavy (non-hydrogen) atoms. The quantitative estimate of drug-likeness (QED) is 0.677. The van der Waals surface area contributed by atoms with Crippen LogP contribution in [-0.4, -0.2) is 4.98 Å². The van der Waals surface area contributed by atoms with Gasteiger partial charge in [-0.15, -0.1) is 0 Å². The fourth-order valence-electron chi connectivity index (χ4n) is 0.831. The molecule has 0 aliphatic heterocycles. The molecule has 1 aromatic heterocycles. The Kier molecular flexibility index (Phi) is 2.28. The largest absolute Gasteiger partial charge is 0.394 e. The average molecular weight is 185 g/mol. The van der Waals surface area contributed by atoms with Gasteiger partial charge in [-0.3, -0.25) is 4.79 Å². The molecule has 1 aromatic rings. The number of halogens is 2. The number of nitrogens with two attached hydrogens (primary N) is 1. The molecule has 4 nitrogen and oxygen atoms in total. The van der Waals surface area contributed by atoms with Crippen molar-refractivity contribution in [3.63, 3.8) is 0 Å². The van der Waals surface area contributed by atoms with Crippen LogP contribution in [0.5, 0.6) is 0 Å². The maximum absolute atomic E-state index is 12.2. The van der Waals surface area contributed by atoms with Gasteiger partial charge in [0.15, 0.2) is 0 Å². The van der Waals surface area contributed by atoms with E-state index in [4.69, 9.17) is 11.0 Å². The number of hydrogen-bond acceptors (Lipinski definition) is 3. The van der Waals surface area contributed by atoms with Crippen LogP contribution >= 0.6 is 0 Å². The third-order valence-electron chi connectivity index (χ3n) is 1.46. The van der Waals surface area contributed by atoms with Gasteiger partial charge in [0.2, 0.25) is 0 Å². The topological polar surface area (TPSA) is 82.7 Å². The van der Waals surface area contributed by atoms with Gasteiger partial charge in [0.1, 0.15) is 17.5 Å². The minimum Gasteiger partial charge on any atom is -0.394 e. The number of nitrogens with one attached hydrogen (secondary N) is 1. The van der Waals surface area contributed by atoms with E-state index in [0.29, 0.717) is 0 Å². The van der Waals surface area contributed by atoms with Crippen LogP contribution in [0.1, 0.15) is 17.7 Å². The minimum absolute atomic E-state index is 0.227. The van der Waals surface area contributed by atoms with Crippen LogP contribution < -0.4 is 11.3 Å². The summed E-state index contributed by atoms with van der Waals surface area (Å²) in [6, 6.07) is 2.41. The molecule has 0 fully saturated rings. The second-order valence-corrected chi connectivity index (χ2v) is 2.29. The van der Waals surface area contributed by atoms with Crippen LogP contribution in [0.4, 0.5) is 14.5 Å². The molecule has 0 unspecified atom stereocenters. The zero-order valence-corrected chi connectivity index (χ0v) is 6.34. The number of anilines is 1. The summed E-state index contributed by atoms with van der Waals surface area (Å²) < 4.78 is 24.4. The van der Waals surface area contributed by atoms with Crippen LogP contribution in [0.3, 0.4) is 0 Å².